The Bertz CT molecular complexity index is 579. The molecule has 0 spiro atoms. The average Bonchev–Trinajstić information content (AvgIpc) is 2.92. The highest BCUT2D eigenvalue weighted by atomic mass is 32.1. The van der Waals surface area contributed by atoms with E-state index in [-0.39, 0.29) is 11.5 Å². The number of hydrogen-bond donors (Lipinski definition) is 1. The van der Waals surface area contributed by atoms with Gasteiger partial charge in [-0.3, -0.25) is 0 Å². The van der Waals surface area contributed by atoms with E-state index in [0.29, 0.717) is 6.54 Å². The second-order valence-electron chi connectivity index (χ2n) is 6.18. The lowest BCUT2D eigenvalue weighted by Gasteiger charge is -2.14. The van der Waals surface area contributed by atoms with E-state index in [2.05, 4.69) is 50.1 Å². The summed E-state index contributed by atoms with van der Waals surface area (Å²) in [7, 11) is 1.96. The molecule has 0 aliphatic rings. The fraction of sp³-hybridized carbons (Fsp3) is 0.643. The molecule has 0 aliphatic heterocycles. The van der Waals surface area contributed by atoms with E-state index in [0.717, 1.165) is 11.5 Å². The minimum atomic E-state index is 0.108. The van der Waals surface area contributed by atoms with Crippen LogP contribution in [0.1, 0.15) is 55.1 Å². The Morgan fingerprint density at radius 1 is 1.40 bits per heavy atom. The van der Waals surface area contributed by atoms with Gasteiger partial charge in [-0.25, -0.2) is 4.98 Å². The first-order valence-corrected chi connectivity index (χ1v) is 7.64. The molecule has 1 unspecified atom stereocenters. The Morgan fingerprint density at radius 2 is 2.10 bits per heavy atom. The molecule has 0 aromatic carbocycles. The molecule has 1 N–H and O–H groups in total. The van der Waals surface area contributed by atoms with Gasteiger partial charge in [0.25, 0.3) is 0 Å². The van der Waals surface area contributed by atoms with Crippen molar-refractivity contribution in [2.24, 2.45) is 7.05 Å². The minimum absolute atomic E-state index is 0.108. The van der Waals surface area contributed by atoms with Crippen molar-refractivity contribution in [1.82, 2.24) is 25.1 Å². The molecule has 20 heavy (non-hydrogen) atoms. The van der Waals surface area contributed by atoms with Crippen molar-refractivity contribution < 1.29 is 0 Å². The quantitative estimate of drug-likeness (QED) is 0.941. The smallest absolute Gasteiger partial charge is 0.146 e. The molecular weight excluding hydrogens is 270 g/mol. The first-order chi connectivity index (χ1) is 9.29. The summed E-state index contributed by atoms with van der Waals surface area (Å²) in [5.41, 5.74) is 1.23. The van der Waals surface area contributed by atoms with Crippen molar-refractivity contribution in [2.75, 3.05) is 0 Å². The summed E-state index contributed by atoms with van der Waals surface area (Å²) in [6.07, 6.45) is 1.72. The zero-order valence-corrected chi connectivity index (χ0v) is 13.9. The fourth-order valence-corrected chi connectivity index (χ4v) is 3.09. The van der Waals surface area contributed by atoms with Crippen LogP contribution < -0.4 is 5.32 Å². The van der Waals surface area contributed by atoms with Gasteiger partial charge in [-0.15, -0.1) is 21.5 Å². The number of hydrogen-bond acceptors (Lipinski definition) is 5. The van der Waals surface area contributed by atoms with E-state index in [4.69, 9.17) is 4.98 Å². The Hall–Kier alpha value is -1.27. The Kier molecular flexibility index (Phi) is 4.25. The van der Waals surface area contributed by atoms with E-state index >= 15 is 0 Å². The maximum absolute atomic E-state index is 4.71. The Labute approximate surface area is 124 Å². The van der Waals surface area contributed by atoms with Gasteiger partial charge in [0.2, 0.25) is 0 Å². The van der Waals surface area contributed by atoms with Crippen LogP contribution in [-0.4, -0.2) is 19.7 Å². The number of nitrogens with one attached hydrogen (secondary N) is 1. The van der Waals surface area contributed by atoms with E-state index < -0.39 is 0 Å². The van der Waals surface area contributed by atoms with Crippen LogP contribution >= 0.6 is 11.3 Å². The molecule has 1 atom stereocenters. The van der Waals surface area contributed by atoms with Crippen LogP contribution in [0.25, 0.3) is 0 Å². The molecular formula is C14H23N5S. The number of rotatable bonds is 4. The van der Waals surface area contributed by atoms with Gasteiger partial charge in [0.1, 0.15) is 12.2 Å². The van der Waals surface area contributed by atoms with Crippen molar-refractivity contribution in [3.8, 4) is 0 Å². The van der Waals surface area contributed by atoms with E-state index in [9.17, 15) is 0 Å². The minimum Gasteiger partial charge on any atom is -0.320 e. The number of nitrogens with zero attached hydrogens (tertiary/aromatic N) is 4. The summed E-state index contributed by atoms with van der Waals surface area (Å²) in [5, 5.41) is 12.7. The average molecular weight is 293 g/mol. The Morgan fingerprint density at radius 3 is 2.60 bits per heavy atom. The van der Waals surface area contributed by atoms with Crippen molar-refractivity contribution in [1.29, 1.82) is 0 Å². The summed E-state index contributed by atoms with van der Waals surface area (Å²) in [4.78, 5) is 6.01. The largest absolute Gasteiger partial charge is 0.320 e. The fourth-order valence-electron chi connectivity index (χ4n) is 1.94. The molecule has 0 aliphatic carbocycles. The van der Waals surface area contributed by atoms with E-state index in [1.54, 1.807) is 17.7 Å². The highest BCUT2D eigenvalue weighted by Gasteiger charge is 2.22. The summed E-state index contributed by atoms with van der Waals surface area (Å²) in [6, 6.07) is 0.264. The molecule has 0 fully saturated rings. The van der Waals surface area contributed by atoms with Crippen LogP contribution in [0.3, 0.4) is 0 Å². The van der Waals surface area contributed by atoms with Crippen molar-refractivity contribution >= 4 is 11.3 Å². The molecule has 0 saturated carbocycles. The number of thiazole rings is 1. The lowest BCUT2D eigenvalue weighted by atomic mass is 9.98. The van der Waals surface area contributed by atoms with Crippen LogP contribution in [0.4, 0.5) is 0 Å². The molecule has 6 heteroatoms. The van der Waals surface area contributed by atoms with Gasteiger partial charge in [-0.05, 0) is 13.8 Å². The van der Waals surface area contributed by atoms with Crippen LogP contribution in [0.15, 0.2) is 6.33 Å². The zero-order valence-electron chi connectivity index (χ0n) is 13.1. The highest BCUT2D eigenvalue weighted by Crippen LogP contribution is 2.32. The number of aromatic nitrogens is 4. The molecule has 0 bridgehead atoms. The maximum Gasteiger partial charge on any atom is 0.146 e. The molecule has 2 rings (SSSR count). The third kappa shape index (κ3) is 3.24. The molecule has 110 valence electrons. The molecule has 2 aromatic heterocycles. The monoisotopic (exact) mass is 293 g/mol. The second-order valence-corrected chi connectivity index (χ2v) is 7.21. The standard InChI is InChI=1S/C14H23N5S/c1-9(15-7-11-18-16-8-19(11)6)12-10(2)17-13(20-12)14(3,4)5/h8-9,15H,7H2,1-6H3. The lowest BCUT2D eigenvalue weighted by Crippen LogP contribution is -2.20. The summed E-state index contributed by atoms with van der Waals surface area (Å²) >= 11 is 1.80. The summed E-state index contributed by atoms with van der Waals surface area (Å²) in [6.45, 7) is 11.6. The van der Waals surface area contributed by atoms with Gasteiger partial charge in [-0.1, -0.05) is 20.8 Å². The normalized spacial score (nSPS) is 13.7. The SMILES string of the molecule is Cc1nc(C(C)(C)C)sc1C(C)NCc1nncn1C. The molecule has 2 heterocycles. The van der Waals surface area contributed by atoms with Gasteiger partial charge in [0, 0.05) is 23.4 Å². The third-order valence-corrected chi connectivity index (χ3v) is 5.00. The van der Waals surface area contributed by atoms with Crippen molar-refractivity contribution in [3.63, 3.8) is 0 Å². The molecule has 0 amide bonds. The van der Waals surface area contributed by atoms with Crippen molar-refractivity contribution in [2.45, 2.75) is 52.6 Å². The third-order valence-electron chi connectivity index (χ3n) is 3.24. The van der Waals surface area contributed by atoms with Gasteiger partial charge in [0.15, 0.2) is 0 Å². The molecule has 0 radical (unpaired) electrons. The first kappa shape index (κ1) is 15.1. The first-order valence-electron chi connectivity index (χ1n) is 6.83. The molecule has 2 aromatic rings. The zero-order chi connectivity index (χ0) is 14.9. The van der Waals surface area contributed by atoms with Gasteiger partial charge >= 0.3 is 0 Å². The topological polar surface area (TPSA) is 55.6 Å². The van der Waals surface area contributed by atoms with Crippen LogP contribution in [0, 0.1) is 6.92 Å². The Balaban J connectivity index is 2.08. The van der Waals surface area contributed by atoms with E-state index in [1.807, 2.05) is 11.6 Å². The predicted molar refractivity (Wildman–Crippen MR) is 81.8 cm³/mol. The van der Waals surface area contributed by atoms with Crippen LogP contribution in [0.2, 0.25) is 0 Å². The number of aryl methyl sites for hydroxylation is 2. The van der Waals surface area contributed by atoms with Crippen LogP contribution in [-0.2, 0) is 19.0 Å². The van der Waals surface area contributed by atoms with Crippen LogP contribution in [0.5, 0.6) is 0 Å². The van der Waals surface area contributed by atoms with Gasteiger partial charge in [-0.2, -0.15) is 0 Å². The predicted octanol–water partition coefficient (Wildman–Crippen LogP) is 2.73. The van der Waals surface area contributed by atoms with E-state index in [1.165, 1.54) is 9.88 Å². The molecule has 5 nitrogen and oxygen atoms in total. The highest BCUT2D eigenvalue weighted by molar-refractivity contribution is 7.12. The summed E-state index contributed by atoms with van der Waals surface area (Å²) in [5.74, 6) is 0.940. The maximum atomic E-state index is 4.71. The van der Waals surface area contributed by atoms with Gasteiger partial charge in [0.05, 0.1) is 17.2 Å². The molecule has 0 saturated heterocycles. The van der Waals surface area contributed by atoms with Crippen molar-refractivity contribution in [3.05, 3.63) is 27.7 Å². The van der Waals surface area contributed by atoms with Gasteiger partial charge < -0.3 is 9.88 Å². The summed E-state index contributed by atoms with van der Waals surface area (Å²) < 4.78 is 1.93. The second kappa shape index (κ2) is 5.61. The lowest BCUT2D eigenvalue weighted by molar-refractivity contribution is 0.552.